The lowest BCUT2D eigenvalue weighted by Gasteiger charge is -2.15. The van der Waals surface area contributed by atoms with Gasteiger partial charge >= 0.3 is 5.97 Å². The zero-order chi connectivity index (χ0) is 18.2. The Morgan fingerprint density at radius 3 is 2.80 bits per heavy atom. The number of rotatable bonds is 5. The van der Waals surface area contributed by atoms with Gasteiger partial charge in [0.2, 0.25) is 10.0 Å². The molecule has 0 bridgehead atoms. The summed E-state index contributed by atoms with van der Waals surface area (Å²) in [7, 11) is -4.13. The highest BCUT2D eigenvalue weighted by molar-refractivity contribution is 7.89. The number of nitrogens with zero attached hydrogens (tertiary/aromatic N) is 1. The molecule has 0 aliphatic rings. The number of benzene rings is 1. The van der Waals surface area contributed by atoms with Gasteiger partial charge in [0.05, 0.1) is 5.02 Å². The highest BCUT2D eigenvalue weighted by atomic mass is 35.5. The number of hydrogen-bond donors (Lipinski definition) is 3. The molecule has 25 heavy (non-hydrogen) atoms. The molecule has 0 saturated carbocycles. The molecule has 0 saturated heterocycles. The number of hydrogen-bond acceptors (Lipinski definition) is 4. The third-order valence-electron chi connectivity index (χ3n) is 3.64. The van der Waals surface area contributed by atoms with Crippen molar-refractivity contribution in [3.8, 4) is 0 Å². The third-order valence-corrected chi connectivity index (χ3v) is 5.31. The van der Waals surface area contributed by atoms with Crippen LogP contribution in [-0.2, 0) is 14.8 Å². The second-order valence-corrected chi connectivity index (χ2v) is 7.63. The smallest absolute Gasteiger partial charge is 0.326 e. The second-order valence-electron chi connectivity index (χ2n) is 5.51. The Morgan fingerprint density at radius 2 is 2.12 bits per heavy atom. The molecule has 3 N–H and O–H groups in total. The number of sulfonamides is 1. The average molecular weight is 380 g/mol. The fourth-order valence-electron chi connectivity index (χ4n) is 2.51. The Hall–Kier alpha value is -2.42. The van der Waals surface area contributed by atoms with Crippen molar-refractivity contribution in [2.75, 3.05) is 0 Å². The van der Waals surface area contributed by atoms with Crippen molar-refractivity contribution >= 4 is 38.6 Å². The molecule has 7 nitrogen and oxygen atoms in total. The predicted molar refractivity (Wildman–Crippen MR) is 93.0 cm³/mol. The molecule has 2 heterocycles. The van der Waals surface area contributed by atoms with Crippen LogP contribution in [0, 0.1) is 6.92 Å². The summed E-state index contributed by atoms with van der Waals surface area (Å²) in [6, 6.07) is 6.69. The number of carboxylic acids is 1. The van der Waals surface area contributed by atoms with E-state index in [-0.39, 0.29) is 15.3 Å². The highest BCUT2D eigenvalue weighted by Crippen LogP contribution is 2.26. The maximum atomic E-state index is 12.7. The summed E-state index contributed by atoms with van der Waals surface area (Å²) in [5.74, 6) is -1.30. The van der Waals surface area contributed by atoms with E-state index in [2.05, 4.69) is 14.7 Å². The number of aliphatic carboxylic acids is 1. The first kappa shape index (κ1) is 17.4. The van der Waals surface area contributed by atoms with Gasteiger partial charge in [0.25, 0.3) is 0 Å². The molecule has 1 aromatic carbocycles. The molecule has 0 aliphatic carbocycles. The molecule has 0 radical (unpaired) electrons. The quantitative estimate of drug-likeness (QED) is 0.630. The summed E-state index contributed by atoms with van der Waals surface area (Å²) >= 11 is 5.88. The first-order valence-corrected chi connectivity index (χ1v) is 9.08. The molecule has 0 amide bonds. The minimum absolute atomic E-state index is 0.114. The van der Waals surface area contributed by atoms with Crippen molar-refractivity contribution in [3.05, 3.63) is 58.9 Å². The lowest BCUT2D eigenvalue weighted by molar-refractivity contribution is -0.139. The van der Waals surface area contributed by atoms with Crippen LogP contribution in [0.25, 0.3) is 11.0 Å². The van der Waals surface area contributed by atoms with E-state index < -0.39 is 22.0 Å². The molecule has 130 valence electrons. The zero-order valence-corrected chi connectivity index (χ0v) is 14.6. The number of aromatic nitrogens is 2. The minimum Gasteiger partial charge on any atom is -0.480 e. The van der Waals surface area contributed by atoms with Crippen LogP contribution in [-0.4, -0.2) is 29.5 Å². The normalized spacial score (nSPS) is 13.0. The Morgan fingerprint density at radius 1 is 1.36 bits per heavy atom. The van der Waals surface area contributed by atoms with Gasteiger partial charge in [-0.1, -0.05) is 41.4 Å². The summed E-state index contributed by atoms with van der Waals surface area (Å²) in [6.07, 6.45) is 2.64. The Kier molecular flexibility index (Phi) is 4.51. The molecule has 0 fully saturated rings. The number of H-pyrrole nitrogens is 1. The van der Waals surface area contributed by atoms with E-state index in [9.17, 15) is 18.3 Å². The van der Waals surface area contributed by atoms with Crippen LogP contribution in [0.1, 0.15) is 17.2 Å². The fraction of sp³-hybridized carbons (Fsp3) is 0.125. The second kappa shape index (κ2) is 6.47. The first-order chi connectivity index (χ1) is 11.8. The molecule has 1 unspecified atom stereocenters. The van der Waals surface area contributed by atoms with Gasteiger partial charge in [-0.05, 0) is 18.6 Å². The largest absolute Gasteiger partial charge is 0.480 e. The van der Waals surface area contributed by atoms with E-state index >= 15 is 0 Å². The van der Waals surface area contributed by atoms with E-state index in [0.29, 0.717) is 11.2 Å². The van der Waals surface area contributed by atoms with Crippen molar-refractivity contribution in [2.45, 2.75) is 17.9 Å². The van der Waals surface area contributed by atoms with Crippen molar-refractivity contribution in [1.29, 1.82) is 0 Å². The Bertz CT molecular complexity index is 1060. The summed E-state index contributed by atoms with van der Waals surface area (Å²) in [5, 5.41) is 10.0. The number of aryl methyl sites for hydroxylation is 1. The van der Waals surface area contributed by atoms with Gasteiger partial charge in [-0.25, -0.2) is 13.4 Å². The SMILES string of the molecule is Cc1cccc(C(NS(=O)(=O)c2c[nH]c3ncc(Cl)cc23)C(=O)O)c1. The lowest BCUT2D eigenvalue weighted by atomic mass is 10.1. The Labute approximate surface area is 148 Å². The van der Waals surface area contributed by atoms with E-state index in [4.69, 9.17) is 11.6 Å². The molecule has 9 heteroatoms. The van der Waals surface area contributed by atoms with Gasteiger partial charge < -0.3 is 10.1 Å². The summed E-state index contributed by atoms with van der Waals surface area (Å²) < 4.78 is 27.7. The van der Waals surface area contributed by atoms with Crippen molar-refractivity contribution in [3.63, 3.8) is 0 Å². The van der Waals surface area contributed by atoms with Gasteiger partial charge in [-0.3, -0.25) is 4.79 Å². The van der Waals surface area contributed by atoms with Crippen LogP contribution in [0.3, 0.4) is 0 Å². The number of fused-ring (bicyclic) bond motifs is 1. The number of carboxylic acid groups (broad SMARTS) is 1. The van der Waals surface area contributed by atoms with Gasteiger partial charge in [0.1, 0.15) is 16.6 Å². The van der Waals surface area contributed by atoms with Crippen molar-refractivity contribution in [1.82, 2.24) is 14.7 Å². The van der Waals surface area contributed by atoms with E-state index in [0.717, 1.165) is 5.56 Å². The van der Waals surface area contributed by atoms with Crippen LogP contribution in [0.4, 0.5) is 0 Å². The van der Waals surface area contributed by atoms with Crippen LogP contribution in [0.15, 0.2) is 47.6 Å². The topological polar surface area (TPSA) is 112 Å². The van der Waals surface area contributed by atoms with Crippen LogP contribution in [0.5, 0.6) is 0 Å². The van der Waals surface area contributed by atoms with E-state index in [1.165, 1.54) is 18.5 Å². The van der Waals surface area contributed by atoms with Gasteiger partial charge in [-0.2, -0.15) is 4.72 Å². The number of aromatic amines is 1. The van der Waals surface area contributed by atoms with Gasteiger partial charge in [0, 0.05) is 17.8 Å². The standard InChI is InChI=1S/C16H14ClN3O4S/c1-9-3-2-4-10(5-9)14(16(21)22)20-25(23,24)13-8-19-15-12(13)6-11(17)7-18-15/h2-8,14,20H,1H3,(H,18,19)(H,21,22). The molecule has 0 spiro atoms. The maximum absolute atomic E-state index is 12.7. The van der Waals surface area contributed by atoms with Gasteiger partial charge in [-0.15, -0.1) is 0 Å². The summed E-state index contributed by atoms with van der Waals surface area (Å²) in [4.78, 5) is 18.2. The van der Waals surface area contributed by atoms with Crippen LogP contribution >= 0.6 is 11.6 Å². The van der Waals surface area contributed by atoms with E-state index in [1.807, 2.05) is 0 Å². The molecular formula is C16H14ClN3O4S. The summed E-state index contributed by atoms with van der Waals surface area (Å²) in [6.45, 7) is 1.80. The predicted octanol–water partition coefficient (Wildman–Crippen LogP) is 2.63. The highest BCUT2D eigenvalue weighted by Gasteiger charge is 2.29. The number of carbonyl (C=O) groups is 1. The molecule has 1 atom stereocenters. The first-order valence-electron chi connectivity index (χ1n) is 7.22. The summed E-state index contributed by atoms with van der Waals surface area (Å²) in [5.41, 5.74) is 1.50. The zero-order valence-electron chi connectivity index (χ0n) is 13.0. The number of halogens is 1. The van der Waals surface area contributed by atoms with E-state index in [1.54, 1.807) is 31.2 Å². The number of nitrogens with one attached hydrogen (secondary N) is 2. The van der Waals surface area contributed by atoms with Crippen molar-refractivity contribution in [2.24, 2.45) is 0 Å². The minimum atomic E-state index is -4.13. The van der Waals surface area contributed by atoms with Crippen LogP contribution < -0.4 is 4.72 Å². The lowest BCUT2D eigenvalue weighted by Crippen LogP contribution is -2.33. The molecule has 3 aromatic rings. The third kappa shape index (κ3) is 3.51. The fourth-order valence-corrected chi connectivity index (χ4v) is 4.00. The van der Waals surface area contributed by atoms with Gasteiger partial charge in [0.15, 0.2) is 0 Å². The van der Waals surface area contributed by atoms with Crippen molar-refractivity contribution < 1.29 is 18.3 Å². The molecule has 3 rings (SSSR count). The monoisotopic (exact) mass is 379 g/mol. The van der Waals surface area contributed by atoms with Crippen LogP contribution in [0.2, 0.25) is 5.02 Å². The number of pyridine rings is 1. The maximum Gasteiger partial charge on any atom is 0.326 e. The average Bonchev–Trinajstić information content (AvgIpc) is 2.96. The molecule has 0 aliphatic heterocycles. The Balaban J connectivity index is 2.03. The molecule has 2 aromatic heterocycles. The molecular weight excluding hydrogens is 366 g/mol.